The zero-order chi connectivity index (χ0) is 13.9. The van der Waals surface area contributed by atoms with Crippen LogP contribution in [0.1, 0.15) is 23.1 Å². The molecule has 0 unspecified atom stereocenters. The van der Waals surface area contributed by atoms with Crippen molar-refractivity contribution >= 4 is 12.2 Å². The molecule has 0 bridgehead atoms. The molecular formula is C14H11FN2O2S. The molecule has 2 aromatic heterocycles. The Labute approximate surface area is 119 Å². The summed E-state index contributed by atoms with van der Waals surface area (Å²) in [5.74, 6) is 0.873. The van der Waals surface area contributed by atoms with Crippen LogP contribution in [0.15, 0.2) is 51.5 Å². The summed E-state index contributed by atoms with van der Waals surface area (Å²) in [6.07, 6.45) is 2.08. The van der Waals surface area contributed by atoms with Gasteiger partial charge in [0.15, 0.2) is 0 Å². The van der Waals surface area contributed by atoms with E-state index in [-0.39, 0.29) is 16.6 Å². The summed E-state index contributed by atoms with van der Waals surface area (Å²) in [5, 5.41) is 6.58. The second-order valence-electron chi connectivity index (χ2n) is 4.33. The van der Waals surface area contributed by atoms with Gasteiger partial charge in [0.2, 0.25) is 5.89 Å². The smallest absolute Gasteiger partial charge is 0.284 e. The first-order valence-corrected chi connectivity index (χ1v) is 6.46. The van der Waals surface area contributed by atoms with Crippen LogP contribution in [0.4, 0.5) is 4.39 Å². The number of benzene rings is 1. The number of nitrogens with one attached hydrogen (secondary N) is 1. The zero-order valence-corrected chi connectivity index (χ0v) is 11.2. The highest BCUT2D eigenvalue weighted by Gasteiger charge is 2.20. The molecule has 4 nitrogen and oxygen atoms in total. The minimum absolute atomic E-state index is 0.105. The van der Waals surface area contributed by atoms with Crippen LogP contribution in [0.25, 0.3) is 0 Å². The molecule has 0 aliphatic rings. The third-order valence-electron chi connectivity index (χ3n) is 3.02. The van der Waals surface area contributed by atoms with Crippen LogP contribution < -0.4 is 0 Å². The van der Waals surface area contributed by atoms with E-state index in [0.717, 1.165) is 11.3 Å². The summed E-state index contributed by atoms with van der Waals surface area (Å²) in [6.45, 7) is 0. The predicted octanol–water partition coefficient (Wildman–Crippen LogP) is 3.84. The molecular weight excluding hydrogens is 279 g/mol. The van der Waals surface area contributed by atoms with Crippen LogP contribution in [-0.4, -0.2) is 10.2 Å². The van der Waals surface area contributed by atoms with Crippen LogP contribution in [0.5, 0.6) is 0 Å². The first kappa shape index (κ1) is 12.8. The van der Waals surface area contributed by atoms with Crippen molar-refractivity contribution in [1.29, 1.82) is 0 Å². The Hall–Kier alpha value is -2.21. The normalized spacial score (nSPS) is 12.4. The molecule has 0 fully saturated rings. The van der Waals surface area contributed by atoms with E-state index in [4.69, 9.17) is 21.1 Å². The van der Waals surface area contributed by atoms with E-state index in [2.05, 4.69) is 10.2 Å². The molecule has 0 aliphatic heterocycles. The van der Waals surface area contributed by atoms with E-state index < -0.39 is 0 Å². The van der Waals surface area contributed by atoms with Crippen LogP contribution in [-0.2, 0) is 6.42 Å². The van der Waals surface area contributed by atoms with E-state index in [1.54, 1.807) is 18.4 Å². The first-order valence-electron chi connectivity index (χ1n) is 6.05. The third kappa shape index (κ3) is 2.70. The monoisotopic (exact) mass is 290 g/mol. The highest BCUT2D eigenvalue weighted by atomic mass is 32.1. The molecule has 0 aliphatic carbocycles. The molecule has 0 saturated heterocycles. The Kier molecular flexibility index (Phi) is 3.47. The molecule has 2 heterocycles. The minimum Gasteiger partial charge on any atom is -0.469 e. The summed E-state index contributed by atoms with van der Waals surface area (Å²) in [7, 11) is 0. The molecule has 102 valence electrons. The van der Waals surface area contributed by atoms with Crippen molar-refractivity contribution in [1.82, 2.24) is 10.2 Å². The summed E-state index contributed by atoms with van der Waals surface area (Å²) in [5.41, 5.74) is 0.922. The van der Waals surface area contributed by atoms with Crippen LogP contribution in [0.2, 0.25) is 0 Å². The molecule has 0 spiro atoms. The molecule has 3 rings (SSSR count). The van der Waals surface area contributed by atoms with Crippen LogP contribution in [0, 0.1) is 10.7 Å². The average Bonchev–Trinajstić information content (AvgIpc) is 3.09. The average molecular weight is 290 g/mol. The lowest BCUT2D eigenvalue weighted by molar-refractivity contribution is 0.436. The maximum absolute atomic E-state index is 13.0. The third-order valence-corrected chi connectivity index (χ3v) is 3.19. The van der Waals surface area contributed by atoms with Gasteiger partial charge in [0.1, 0.15) is 11.6 Å². The number of nitrogens with zero attached hydrogens (tertiary/aromatic N) is 1. The van der Waals surface area contributed by atoms with Crippen molar-refractivity contribution in [3.8, 4) is 0 Å². The Balaban J connectivity index is 1.95. The lowest BCUT2D eigenvalue weighted by Gasteiger charge is -2.12. The molecule has 20 heavy (non-hydrogen) atoms. The highest BCUT2D eigenvalue weighted by molar-refractivity contribution is 7.71. The van der Waals surface area contributed by atoms with Gasteiger partial charge in [-0.25, -0.2) is 9.49 Å². The summed E-state index contributed by atoms with van der Waals surface area (Å²) >= 11 is 4.86. The molecule has 0 radical (unpaired) electrons. The standard InChI is InChI=1S/C14H11FN2O2S/c15-10-5-3-9(4-6-10)11(12-2-1-7-18-12)8-13-16-17-14(20)19-13/h1-7,11H,8H2,(H,17,20)/t11-/m0/s1. The minimum atomic E-state index is -0.274. The zero-order valence-electron chi connectivity index (χ0n) is 10.4. The van der Waals surface area contributed by atoms with E-state index >= 15 is 0 Å². The van der Waals surface area contributed by atoms with Crippen LogP contribution in [0.3, 0.4) is 0 Å². The lowest BCUT2D eigenvalue weighted by Crippen LogP contribution is -2.04. The van der Waals surface area contributed by atoms with Gasteiger partial charge in [-0.05, 0) is 42.0 Å². The number of aromatic amines is 1. The maximum atomic E-state index is 13.0. The second kappa shape index (κ2) is 5.42. The highest BCUT2D eigenvalue weighted by Crippen LogP contribution is 2.28. The van der Waals surface area contributed by atoms with E-state index in [1.807, 2.05) is 12.1 Å². The van der Waals surface area contributed by atoms with Crippen molar-refractivity contribution < 1.29 is 13.2 Å². The summed E-state index contributed by atoms with van der Waals surface area (Å²) < 4.78 is 23.8. The predicted molar refractivity (Wildman–Crippen MR) is 72.3 cm³/mol. The van der Waals surface area contributed by atoms with Crippen molar-refractivity contribution in [3.63, 3.8) is 0 Å². The molecule has 1 atom stereocenters. The fraction of sp³-hybridized carbons (Fsp3) is 0.143. The summed E-state index contributed by atoms with van der Waals surface area (Å²) in [6, 6.07) is 9.98. The SMILES string of the molecule is Fc1ccc([C@H](Cc2n[nH]c(=S)o2)c2ccco2)cc1. The van der Waals surface area contributed by atoms with Gasteiger partial charge >= 0.3 is 0 Å². The molecule has 0 saturated carbocycles. The molecule has 3 aromatic rings. The van der Waals surface area contributed by atoms with E-state index in [0.29, 0.717) is 12.3 Å². The van der Waals surface area contributed by atoms with Gasteiger partial charge in [0, 0.05) is 6.42 Å². The second-order valence-corrected chi connectivity index (χ2v) is 4.70. The van der Waals surface area contributed by atoms with Gasteiger partial charge in [-0.3, -0.25) is 0 Å². The number of hydrogen-bond acceptors (Lipinski definition) is 4. The lowest BCUT2D eigenvalue weighted by atomic mass is 9.93. The fourth-order valence-corrected chi connectivity index (χ4v) is 2.23. The van der Waals surface area contributed by atoms with Crippen molar-refractivity contribution in [2.75, 3.05) is 0 Å². The quantitative estimate of drug-likeness (QED) is 0.742. The van der Waals surface area contributed by atoms with Crippen LogP contribution >= 0.6 is 12.2 Å². The number of hydrogen-bond donors (Lipinski definition) is 1. The number of halogens is 1. The number of rotatable bonds is 4. The van der Waals surface area contributed by atoms with E-state index in [9.17, 15) is 4.39 Å². The van der Waals surface area contributed by atoms with Crippen molar-refractivity contribution in [3.05, 3.63) is 70.5 Å². The number of furan rings is 1. The van der Waals surface area contributed by atoms with Gasteiger partial charge in [-0.15, -0.1) is 5.10 Å². The van der Waals surface area contributed by atoms with Crippen molar-refractivity contribution in [2.24, 2.45) is 0 Å². The summed E-state index contributed by atoms with van der Waals surface area (Å²) in [4.78, 5) is 0.234. The molecule has 0 amide bonds. The Morgan fingerprint density at radius 1 is 1.25 bits per heavy atom. The molecule has 1 N–H and O–H groups in total. The van der Waals surface area contributed by atoms with Gasteiger partial charge in [0.25, 0.3) is 4.84 Å². The van der Waals surface area contributed by atoms with E-state index in [1.165, 1.54) is 12.1 Å². The van der Waals surface area contributed by atoms with Crippen molar-refractivity contribution in [2.45, 2.75) is 12.3 Å². The van der Waals surface area contributed by atoms with Gasteiger partial charge in [-0.1, -0.05) is 12.1 Å². The van der Waals surface area contributed by atoms with Gasteiger partial charge < -0.3 is 8.83 Å². The van der Waals surface area contributed by atoms with Gasteiger partial charge in [0.05, 0.1) is 12.2 Å². The largest absolute Gasteiger partial charge is 0.469 e. The Bertz CT molecular complexity index is 731. The Morgan fingerprint density at radius 3 is 2.65 bits per heavy atom. The molecule has 1 aromatic carbocycles. The molecule has 6 heteroatoms. The number of H-pyrrole nitrogens is 1. The topological polar surface area (TPSA) is 55.0 Å². The van der Waals surface area contributed by atoms with Gasteiger partial charge in [-0.2, -0.15) is 0 Å². The number of aromatic nitrogens is 2. The maximum Gasteiger partial charge on any atom is 0.284 e. The first-order chi connectivity index (χ1) is 9.72. The fourth-order valence-electron chi connectivity index (χ4n) is 2.09. The Morgan fingerprint density at radius 2 is 2.05 bits per heavy atom.